The van der Waals surface area contributed by atoms with Gasteiger partial charge in [0.05, 0.1) is 6.33 Å². The number of aromatic nitrogens is 4. The third kappa shape index (κ3) is 2.09. The summed E-state index contributed by atoms with van der Waals surface area (Å²) in [6.45, 7) is 3.05. The molecule has 0 unspecified atom stereocenters. The van der Waals surface area contributed by atoms with E-state index in [2.05, 4.69) is 32.2 Å². The highest BCUT2D eigenvalue weighted by Gasteiger charge is 1.99. The van der Waals surface area contributed by atoms with Gasteiger partial charge >= 0.3 is 0 Å². The zero-order valence-corrected chi connectivity index (χ0v) is 7.31. The van der Waals surface area contributed by atoms with Gasteiger partial charge in [-0.1, -0.05) is 12.3 Å². The molecule has 2 rings (SSSR count). The first-order valence-corrected chi connectivity index (χ1v) is 3.67. The van der Waals surface area contributed by atoms with Crippen LogP contribution in [0.2, 0.25) is 0 Å². The van der Waals surface area contributed by atoms with Crippen LogP contribution in [-0.4, -0.2) is 25.0 Å². The average Bonchev–Trinajstić information content (AvgIpc) is 2.68. The van der Waals surface area contributed by atoms with Gasteiger partial charge in [0, 0.05) is 0 Å². The van der Waals surface area contributed by atoms with Crippen molar-refractivity contribution in [3.8, 4) is 0 Å². The molecule has 4 N–H and O–H groups in total. The van der Waals surface area contributed by atoms with Crippen LogP contribution in [0.15, 0.2) is 31.2 Å². The maximum Gasteiger partial charge on any atom is 0.182 e. The fraction of sp³-hybridized carbons (Fsp3) is 0. The molecule has 0 spiro atoms. The van der Waals surface area contributed by atoms with E-state index >= 15 is 0 Å². The first kappa shape index (κ1) is 9.76. The van der Waals surface area contributed by atoms with E-state index in [1.54, 1.807) is 0 Å². The predicted octanol–water partition coefficient (Wildman–Crippen LogP) is 0.778. The van der Waals surface area contributed by atoms with Gasteiger partial charge in [-0.05, 0) is 0 Å². The molecular weight excluding hydrogens is 182 g/mol. The summed E-state index contributed by atoms with van der Waals surface area (Å²) >= 11 is 0. The highest BCUT2D eigenvalue weighted by atomic mass is 16.2. The number of anilines is 1. The van der Waals surface area contributed by atoms with Crippen molar-refractivity contribution < 1.29 is 5.11 Å². The highest BCUT2D eigenvalue weighted by Crippen LogP contribution is 2.09. The van der Waals surface area contributed by atoms with Crippen LogP contribution in [0.4, 0.5) is 5.82 Å². The van der Waals surface area contributed by atoms with Gasteiger partial charge in [0.2, 0.25) is 0 Å². The molecule has 72 valence electrons. The zero-order valence-electron chi connectivity index (χ0n) is 7.31. The van der Waals surface area contributed by atoms with E-state index in [0.29, 0.717) is 17.0 Å². The second kappa shape index (κ2) is 4.64. The molecule has 0 aliphatic heterocycles. The molecule has 0 fully saturated rings. The number of hydrogen-bond donors (Lipinski definition) is 3. The summed E-state index contributed by atoms with van der Waals surface area (Å²) in [7, 11) is 0. The maximum atomic E-state index is 7.58. The molecule has 2 aromatic heterocycles. The summed E-state index contributed by atoms with van der Waals surface area (Å²) in [6.07, 6.45) is 3.69. The Morgan fingerprint density at radius 3 is 2.79 bits per heavy atom. The van der Waals surface area contributed by atoms with Crippen LogP contribution in [0.25, 0.3) is 11.2 Å². The lowest BCUT2D eigenvalue weighted by Crippen LogP contribution is -1.91. The summed E-state index contributed by atoms with van der Waals surface area (Å²) < 4.78 is 0. The number of fused-ring (bicyclic) bond motifs is 1. The van der Waals surface area contributed by atoms with E-state index in [4.69, 9.17) is 10.8 Å². The molecule has 0 saturated carbocycles. The molecular formula is C8H9N5O. The van der Waals surface area contributed by atoms with Gasteiger partial charge < -0.3 is 15.8 Å². The molecule has 2 heterocycles. The first-order valence-electron chi connectivity index (χ1n) is 3.67. The molecule has 0 saturated heterocycles. The van der Waals surface area contributed by atoms with Crippen molar-refractivity contribution in [2.75, 3.05) is 5.73 Å². The second-order valence-electron chi connectivity index (χ2n) is 2.19. The Balaban J connectivity index is 0.000000213. The third-order valence-corrected chi connectivity index (χ3v) is 1.34. The third-order valence-electron chi connectivity index (χ3n) is 1.34. The van der Waals surface area contributed by atoms with Crippen molar-refractivity contribution in [3.05, 3.63) is 31.2 Å². The highest BCUT2D eigenvalue weighted by molar-refractivity contribution is 5.80. The number of H-pyrrole nitrogens is 1. The molecule has 14 heavy (non-hydrogen) atoms. The molecule has 0 atom stereocenters. The summed E-state index contributed by atoms with van der Waals surface area (Å²) in [4.78, 5) is 14.4. The van der Waals surface area contributed by atoms with Crippen molar-refractivity contribution in [2.24, 2.45) is 0 Å². The Hall–Kier alpha value is -2.33. The van der Waals surface area contributed by atoms with E-state index in [-0.39, 0.29) is 0 Å². The lowest BCUT2D eigenvalue weighted by Gasteiger charge is -1.89. The van der Waals surface area contributed by atoms with Crippen LogP contribution in [0.3, 0.4) is 0 Å². The van der Waals surface area contributed by atoms with Gasteiger partial charge in [-0.25, -0.2) is 15.0 Å². The Kier molecular flexibility index (Phi) is 3.23. The van der Waals surface area contributed by atoms with Crippen molar-refractivity contribution >= 4 is 17.0 Å². The largest absolute Gasteiger partial charge is 0.507 e. The average molecular weight is 191 g/mol. The van der Waals surface area contributed by atoms with Crippen LogP contribution in [0, 0.1) is 0 Å². The minimum Gasteiger partial charge on any atom is -0.507 e. The molecule has 6 nitrogen and oxygen atoms in total. The number of nitrogen functional groups attached to an aromatic ring is 1. The number of aromatic amines is 1. The summed E-state index contributed by atoms with van der Waals surface area (Å²) in [6, 6.07) is 0. The summed E-state index contributed by atoms with van der Waals surface area (Å²) in [5.41, 5.74) is 8.89. The minimum atomic E-state index is 0.433. The van der Waals surface area contributed by atoms with Crippen molar-refractivity contribution in [3.63, 3.8) is 0 Å². The minimum absolute atomic E-state index is 0.433. The number of nitrogens with one attached hydrogen (secondary N) is 1. The molecule has 0 amide bonds. The quantitative estimate of drug-likeness (QED) is 0.422. The maximum absolute atomic E-state index is 7.58. The monoisotopic (exact) mass is 191 g/mol. The van der Waals surface area contributed by atoms with E-state index in [1.165, 1.54) is 12.7 Å². The molecule has 0 aliphatic rings. The second-order valence-corrected chi connectivity index (χ2v) is 2.19. The molecule has 0 radical (unpaired) electrons. The van der Waals surface area contributed by atoms with Crippen LogP contribution < -0.4 is 5.73 Å². The number of rotatable bonds is 0. The molecule has 0 bridgehead atoms. The molecule has 2 aromatic rings. The fourth-order valence-corrected chi connectivity index (χ4v) is 0.784. The number of nitrogens with zero attached hydrogens (tertiary/aromatic N) is 3. The molecule has 6 heteroatoms. The Labute approximate surface area is 79.8 Å². The SMILES string of the molecule is C=C=CO.Nc1ncnc2nc[nH]c12. The Bertz CT molecular complexity index is 457. The van der Waals surface area contributed by atoms with Gasteiger partial charge in [-0.2, -0.15) is 0 Å². The van der Waals surface area contributed by atoms with Gasteiger partial charge in [-0.15, -0.1) is 0 Å². The van der Waals surface area contributed by atoms with E-state index in [0.717, 1.165) is 6.26 Å². The fourth-order valence-electron chi connectivity index (χ4n) is 0.784. The van der Waals surface area contributed by atoms with Gasteiger partial charge in [0.1, 0.15) is 18.1 Å². The standard InChI is InChI=1S/C5H5N5.C3H4O/c6-4-3-5(9-1-7-3)10-2-8-4;1-2-3-4/h1-2H,(H3,6,7,8,9,10);3-4H,1H2. The predicted molar refractivity (Wildman–Crippen MR) is 52.4 cm³/mol. The van der Waals surface area contributed by atoms with Crippen LogP contribution >= 0.6 is 0 Å². The lowest BCUT2D eigenvalue weighted by atomic mass is 10.5. The number of hydrogen-bond acceptors (Lipinski definition) is 5. The topological polar surface area (TPSA) is 101 Å². The van der Waals surface area contributed by atoms with Crippen LogP contribution in [-0.2, 0) is 0 Å². The number of imidazole rings is 1. The normalized spacial score (nSPS) is 8.57. The summed E-state index contributed by atoms with van der Waals surface area (Å²) in [5.74, 6) is 0.433. The smallest absolute Gasteiger partial charge is 0.182 e. The van der Waals surface area contributed by atoms with E-state index in [9.17, 15) is 0 Å². The number of aliphatic hydroxyl groups is 1. The van der Waals surface area contributed by atoms with Crippen molar-refractivity contribution in [1.82, 2.24) is 19.9 Å². The van der Waals surface area contributed by atoms with Crippen LogP contribution in [0.1, 0.15) is 0 Å². The van der Waals surface area contributed by atoms with Crippen molar-refractivity contribution in [2.45, 2.75) is 0 Å². The first-order chi connectivity index (χ1) is 6.79. The van der Waals surface area contributed by atoms with E-state index < -0.39 is 0 Å². The van der Waals surface area contributed by atoms with E-state index in [1.807, 2.05) is 0 Å². The number of nitrogens with two attached hydrogens (primary N) is 1. The van der Waals surface area contributed by atoms with Crippen molar-refractivity contribution in [1.29, 1.82) is 0 Å². The van der Waals surface area contributed by atoms with Gasteiger partial charge in [0.25, 0.3) is 0 Å². The zero-order chi connectivity index (χ0) is 10.4. The molecule has 0 aliphatic carbocycles. The van der Waals surface area contributed by atoms with Gasteiger partial charge in [-0.3, -0.25) is 0 Å². The number of aliphatic hydroxyl groups excluding tert-OH is 1. The Morgan fingerprint density at radius 1 is 1.50 bits per heavy atom. The van der Waals surface area contributed by atoms with Gasteiger partial charge in [0.15, 0.2) is 11.5 Å². The molecule has 0 aromatic carbocycles. The lowest BCUT2D eigenvalue weighted by molar-refractivity contribution is 0.475. The van der Waals surface area contributed by atoms with Crippen LogP contribution in [0.5, 0.6) is 0 Å². The summed E-state index contributed by atoms with van der Waals surface area (Å²) in [5, 5.41) is 7.58. The Morgan fingerprint density at radius 2 is 2.21 bits per heavy atom.